The van der Waals surface area contributed by atoms with Crippen LogP contribution < -0.4 is 5.32 Å². The Hall–Kier alpha value is -1.61. The summed E-state index contributed by atoms with van der Waals surface area (Å²) in [6.45, 7) is 0. The fourth-order valence-corrected chi connectivity index (χ4v) is 2.55. The van der Waals surface area contributed by atoms with Gasteiger partial charge in [0, 0.05) is 6.42 Å². The van der Waals surface area contributed by atoms with E-state index in [4.69, 9.17) is 10.2 Å². The lowest BCUT2D eigenvalue weighted by molar-refractivity contribution is -0.138. The number of aromatic nitrogens is 1. The number of amides is 1. The second-order valence-corrected chi connectivity index (χ2v) is 5.37. The number of nitrogens with one attached hydrogen (secondary N) is 1. The van der Waals surface area contributed by atoms with Crippen LogP contribution >= 0.6 is 23.1 Å². The summed E-state index contributed by atoms with van der Waals surface area (Å²) in [5.74, 6) is -2.48. The third-order valence-electron chi connectivity index (χ3n) is 1.63. The van der Waals surface area contributed by atoms with Crippen LogP contribution in [0.4, 0.5) is 5.00 Å². The molecular formula is C9H10N2O5S2. The number of thiazole rings is 1. The highest BCUT2D eigenvalue weighted by Gasteiger charge is 2.09. The van der Waals surface area contributed by atoms with Gasteiger partial charge in [-0.25, -0.2) is 4.98 Å². The number of thioether (sulfide) groups is 1. The quantitative estimate of drug-likeness (QED) is 0.644. The van der Waals surface area contributed by atoms with Crippen molar-refractivity contribution >= 4 is 45.9 Å². The lowest BCUT2D eigenvalue weighted by Gasteiger charge is -1.98. The van der Waals surface area contributed by atoms with E-state index >= 15 is 0 Å². The van der Waals surface area contributed by atoms with Crippen LogP contribution in [0.1, 0.15) is 12.8 Å². The molecule has 0 aliphatic rings. The van der Waals surface area contributed by atoms with E-state index in [9.17, 15) is 14.4 Å². The minimum absolute atomic E-state index is 0.0973. The molecule has 1 aromatic rings. The molecule has 1 aromatic heterocycles. The van der Waals surface area contributed by atoms with E-state index in [1.54, 1.807) is 0 Å². The number of carbonyl (C=O) groups excluding carboxylic acids is 1. The van der Waals surface area contributed by atoms with Crippen molar-refractivity contribution < 1.29 is 24.6 Å². The van der Waals surface area contributed by atoms with Gasteiger partial charge in [-0.1, -0.05) is 23.1 Å². The van der Waals surface area contributed by atoms with E-state index in [0.717, 1.165) is 23.1 Å². The second kappa shape index (κ2) is 6.97. The van der Waals surface area contributed by atoms with Crippen LogP contribution in [0.25, 0.3) is 0 Å². The Kier molecular flexibility index (Phi) is 5.59. The molecule has 0 aliphatic carbocycles. The van der Waals surface area contributed by atoms with Gasteiger partial charge < -0.3 is 15.5 Å². The monoisotopic (exact) mass is 290 g/mol. The summed E-state index contributed by atoms with van der Waals surface area (Å²) in [5.41, 5.74) is 0. The van der Waals surface area contributed by atoms with E-state index in [0.29, 0.717) is 9.34 Å². The second-order valence-electron chi connectivity index (χ2n) is 3.11. The molecule has 9 heteroatoms. The Morgan fingerprint density at radius 2 is 2.00 bits per heavy atom. The molecule has 1 amide bonds. The zero-order valence-corrected chi connectivity index (χ0v) is 10.7. The Morgan fingerprint density at radius 1 is 1.28 bits per heavy atom. The third kappa shape index (κ3) is 5.64. The molecule has 0 unspecified atom stereocenters. The maximum atomic E-state index is 11.3. The summed E-state index contributed by atoms with van der Waals surface area (Å²) >= 11 is 2.20. The first-order valence-corrected chi connectivity index (χ1v) is 6.59. The fraction of sp³-hybridized carbons (Fsp3) is 0.333. The van der Waals surface area contributed by atoms with E-state index in [2.05, 4.69) is 10.3 Å². The SMILES string of the molecule is O=C(O)CCC(=O)Nc1cnc(SCC(=O)O)s1. The summed E-state index contributed by atoms with van der Waals surface area (Å²) in [7, 11) is 0. The number of hydrogen-bond donors (Lipinski definition) is 3. The Balaban J connectivity index is 2.41. The van der Waals surface area contributed by atoms with Crippen molar-refractivity contribution in [1.82, 2.24) is 4.98 Å². The van der Waals surface area contributed by atoms with Crippen LogP contribution in [0, 0.1) is 0 Å². The molecule has 1 rings (SSSR count). The van der Waals surface area contributed by atoms with Gasteiger partial charge in [0.2, 0.25) is 5.91 Å². The minimum Gasteiger partial charge on any atom is -0.481 e. The molecule has 98 valence electrons. The predicted octanol–water partition coefficient (Wildman–Crippen LogP) is 1.12. The molecule has 0 saturated carbocycles. The number of anilines is 1. The first-order valence-electron chi connectivity index (χ1n) is 4.79. The number of carboxylic acid groups (broad SMARTS) is 2. The van der Waals surface area contributed by atoms with Gasteiger partial charge in [-0.2, -0.15) is 0 Å². The van der Waals surface area contributed by atoms with Crippen LogP contribution in [-0.2, 0) is 14.4 Å². The number of rotatable bonds is 7. The molecule has 0 bridgehead atoms. The number of hydrogen-bond acceptors (Lipinski definition) is 6. The highest BCUT2D eigenvalue weighted by atomic mass is 32.2. The van der Waals surface area contributed by atoms with Gasteiger partial charge in [0.15, 0.2) is 4.34 Å². The molecule has 0 atom stereocenters. The lowest BCUT2D eigenvalue weighted by Crippen LogP contribution is -2.12. The summed E-state index contributed by atoms with van der Waals surface area (Å²) in [6.07, 6.45) is 1.07. The maximum Gasteiger partial charge on any atom is 0.313 e. The average molecular weight is 290 g/mol. The van der Waals surface area contributed by atoms with E-state index in [-0.39, 0.29) is 18.6 Å². The van der Waals surface area contributed by atoms with Crippen LogP contribution in [-0.4, -0.2) is 38.8 Å². The summed E-state index contributed by atoms with van der Waals surface area (Å²) in [4.78, 5) is 35.8. The molecule has 3 N–H and O–H groups in total. The number of carboxylic acids is 2. The van der Waals surface area contributed by atoms with Gasteiger partial charge in [0.1, 0.15) is 5.00 Å². The summed E-state index contributed by atoms with van der Waals surface area (Å²) in [5, 5.41) is 19.9. The first-order chi connectivity index (χ1) is 8.47. The van der Waals surface area contributed by atoms with E-state index < -0.39 is 17.8 Å². The lowest BCUT2D eigenvalue weighted by atomic mass is 10.3. The van der Waals surface area contributed by atoms with Gasteiger partial charge in [0.05, 0.1) is 18.4 Å². The smallest absolute Gasteiger partial charge is 0.313 e. The van der Waals surface area contributed by atoms with Crippen LogP contribution in [0.5, 0.6) is 0 Å². The van der Waals surface area contributed by atoms with Crippen LogP contribution in [0.15, 0.2) is 10.5 Å². The molecule has 0 radical (unpaired) electrons. The van der Waals surface area contributed by atoms with E-state index in [1.165, 1.54) is 6.20 Å². The highest BCUT2D eigenvalue weighted by Crippen LogP contribution is 2.27. The van der Waals surface area contributed by atoms with Crippen molar-refractivity contribution in [3.05, 3.63) is 6.20 Å². The van der Waals surface area contributed by atoms with Gasteiger partial charge >= 0.3 is 11.9 Å². The molecule has 18 heavy (non-hydrogen) atoms. The average Bonchev–Trinajstić information content (AvgIpc) is 2.71. The Morgan fingerprint density at radius 3 is 2.61 bits per heavy atom. The molecule has 0 aromatic carbocycles. The van der Waals surface area contributed by atoms with Crippen molar-refractivity contribution in [1.29, 1.82) is 0 Å². The summed E-state index contributed by atoms with van der Waals surface area (Å²) < 4.78 is 0.533. The van der Waals surface area contributed by atoms with Crippen LogP contribution in [0.2, 0.25) is 0 Å². The standard InChI is InChI=1S/C9H10N2O5S2/c12-5(1-2-7(13)14)11-6-3-10-9(18-6)17-4-8(15)16/h3H,1-2,4H2,(H,11,12)(H,13,14)(H,15,16). The van der Waals surface area contributed by atoms with Gasteiger partial charge in [-0.05, 0) is 0 Å². The number of nitrogens with zero attached hydrogens (tertiary/aromatic N) is 1. The normalized spacial score (nSPS) is 10.0. The van der Waals surface area contributed by atoms with Crippen molar-refractivity contribution in [3.63, 3.8) is 0 Å². The largest absolute Gasteiger partial charge is 0.481 e. The molecular weight excluding hydrogens is 280 g/mol. The Bertz CT molecular complexity index is 460. The zero-order chi connectivity index (χ0) is 13.5. The summed E-state index contributed by atoms with van der Waals surface area (Å²) in [6, 6.07) is 0. The molecule has 0 aliphatic heterocycles. The predicted molar refractivity (Wildman–Crippen MR) is 66.0 cm³/mol. The molecule has 0 saturated heterocycles. The topological polar surface area (TPSA) is 117 Å². The van der Waals surface area contributed by atoms with Crippen molar-refractivity contribution in [2.24, 2.45) is 0 Å². The van der Waals surface area contributed by atoms with Gasteiger partial charge in [-0.3, -0.25) is 14.4 Å². The first kappa shape index (κ1) is 14.5. The van der Waals surface area contributed by atoms with E-state index in [1.807, 2.05) is 0 Å². The number of carbonyl (C=O) groups is 3. The molecule has 0 spiro atoms. The molecule has 1 heterocycles. The van der Waals surface area contributed by atoms with Gasteiger partial charge in [0.25, 0.3) is 0 Å². The van der Waals surface area contributed by atoms with Crippen molar-refractivity contribution in [2.45, 2.75) is 17.2 Å². The molecule has 7 nitrogen and oxygen atoms in total. The number of aliphatic carboxylic acids is 2. The van der Waals surface area contributed by atoms with Crippen LogP contribution in [0.3, 0.4) is 0 Å². The van der Waals surface area contributed by atoms with Gasteiger partial charge in [-0.15, -0.1) is 0 Å². The molecule has 0 fully saturated rings. The zero-order valence-electron chi connectivity index (χ0n) is 9.08. The van der Waals surface area contributed by atoms with Crippen molar-refractivity contribution in [3.8, 4) is 0 Å². The van der Waals surface area contributed by atoms with Crippen molar-refractivity contribution in [2.75, 3.05) is 11.1 Å². The highest BCUT2D eigenvalue weighted by molar-refractivity contribution is 8.01. The third-order valence-corrected chi connectivity index (χ3v) is 3.69. The Labute approximate surface area is 110 Å². The fourth-order valence-electron chi connectivity index (χ4n) is 0.926. The minimum atomic E-state index is -1.04. The maximum absolute atomic E-state index is 11.3.